The fourth-order valence-electron chi connectivity index (χ4n) is 1.84. The Kier molecular flexibility index (Phi) is 9.78. The summed E-state index contributed by atoms with van der Waals surface area (Å²) in [4.78, 5) is 15.5. The van der Waals surface area contributed by atoms with E-state index < -0.39 is 5.97 Å². The van der Waals surface area contributed by atoms with Crippen molar-refractivity contribution >= 4 is 11.7 Å². The van der Waals surface area contributed by atoms with E-state index in [1.165, 1.54) is 12.8 Å². The molecule has 0 radical (unpaired) electrons. The molecular weight excluding hydrogens is 214 g/mol. The molecule has 17 heavy (non-hydrogen) atoms. The standard InChI is InChI=1S/C14H27NO2/c1-4-6-8-10-13(14(16)17)12(3)15-11-9-7-5-2/h13H,4-11H2,1-3H3,(H,16,17)/b15-12-. The molecule has 1 N–H and O–H groups in total. The minimum atomic E-state index is -0.724. The molecule has 0 aromatic carbocycles. The number of unbranched alkanes of at least 4 members (excludes halogenated alkanes) is 4. The van der Waals surface area contributed by atoms with Crippen LogP contribution in [0.3, 0.4) is 0 Å². The topological polar surface area (TPSA) is 49.7 Å². The highest BCUT2D eigenvalue weighted by molar-refractivity contribution is 6.00. The Hall–Kier alpha value is -0.860. The SMILES string of the molecule is CCCCC/N=C(/C)C(CCCCC)C(=O)O. The summed E-state index contributed by atoms with van der Waals surface area (Å²) in [7, 11) is 0. The monoisotopic (exact) mass is 241 g/mol. The van der Waals surface area contributed by atoms with E-state index in [1.54, 1.807) is 0 Å². The third-order valence-corrected chi connectivity index (χ3v) is 3.02. The van der Waals surface area contributed by atoms with Crippen LogP contribution in [0.5, 0.6) is 0 Å². The molecule has 1 unspecified atom stereocenters. The summed E-state index contributed by atoms with van der Waals surface area (Å²) in [5, 5.41) is 9.16. The van der Waals surface area contributed by atoms with Gasteiger partial charge in [-0.05, 0) is 19.8 Å². The van der Waals surface area contributed by atoms with Gasteiger partial charge in [0.25, 0.3) is 0 Å². The Labute approximate surface area is 105 Å². The van der Waals surface area contributed by atoms with Crippen molar-refractivity contribution in [2.45, 2.75) is 65.7 Å². The molecule has 0 heterocycles. The number of carboxylic acids is 1. The number of aliphatic carboxylic acids is 1. The maximum Gasteiger partial charge on any atom is 0.312 e. The van der Waals surface area contributed by atoms with Gasteiger partial charge in [-0.15, -0.1) is 0 Å². The van der Waals surface area contributed by atoms with Gasteiger partial charge in [0.2, 0.25) is 0 Å². The highest BCUT2D eigenvalue weighted by Gasteiger charge is 2.19. The van der Waals surface area contributed by atoms with Gasteiger partial charge in [-0.1, -0.05) is 46.0 Å². The zero-order chi connectivity index (χ0) is 13.1. The number of hydrogen-bond acceptors (Lipinski definition) is 2. The first kappa shape index (κ1) is 16.1. The number of carboxylic acid groups (broad SMARTS) is 1. The van der Waals surface area contributed by atoms with Gasteiger partial charge in [0.1, 0.15) is 0 Å². The van der Waals surface area contributed by atoms with Crippen LogP contribution in [0, 0.1) is 5.92 Å². The highest BCUT2D eigenvalue weighted by Crippen LogP contribution is 2.13. The Balaban J connectivity index is 4.13. The summed E-state index contributed by atoms with van der Waals surface area (Å²) in [6, 6.07) is 0. The van der Waals surface area contributed by atoms with Crippen molar-refractivity contribution in [3.8, 4) is 0 Å². The minimum Gasteiger partial charge on any atom is -0.481 e. The maximum absolute atomic E-state index is 11.1. The van der Waals surface area contributed by atoms with Crippen LogP contribution in [-0.2, 0) is 4.79 Å². The van der Waals surface area contributed by atoms with E-state index in [4.69, 9.17) is 5.11 Å². The molecular formula is C14H27NO2. The van der Waals surface area contributed by atoms with Crippen LogP contribution in [0.1, 0.15) is 65.7 Å². The quantitative estimate of drug-likeness (QED) is 0.465. The summed E-state index contributed by atoms with van der Waals surface area (Å²) in [5.41, 5.74) is 0.796. The van der Waals surface area contributed by atoms with Crippen LogP contribution in [0.15, 0.2) is 4.99 Å². The fourth-order valence-corrected chi connectivity index (χ4v) is 1.84. The summed E-state index contributed by atoms with van der Waals surface area (Å²) >= 11 is 0. The van der Waals surface area contributed by atoms with Crippen molar-refractivity contribution in [1.29, 1.82) is 0 Å². The third kappa shape index (κ3) is 7.94. The van der Waals surface area contributed by atoms with Crippen molar-refractivity contribution in [1.82, 2.24) is 0 Å². The summed E-state index contributed by atoms with van der Waals surface area (Å²) in [6.07, 6.45) is 7.35. The zero-order valence-electron chi connectivity index (χ0n) is 11.5. The molecule has 0 bridgehead atoms. The highest BCUT2D eigenvalue weighted by atomic mass is 16.4. The van der Waals surface area contributed by atoms with E-state index in [1.807, 2.05) is 6.92 Å². The number of hydrogen-bond donors (Lipinski definition) is 1. The van der Waals surface area contributed by atoms with Gasteiger partial charge >= 0.3 is 5.97 Å². The second-order valence-electron chi connectivity index (χ2n) is 4.62. The Morgan fingerprint density at radius 1 is 1.12 bits per heavy atom. The molecule has 0 rings (SSSR count). The van der Waals surface area contributed by atoms with Crippen molar-refractivity contribution < 1.29 is 9.90 Å². The smallest absolute Gasteiger partial charge is 0.312 e. The van der Waals surface area contributed by atoms with Crippen LogP contribution >= 0.6 is 0 Å². The van der Waals surface area contributed by atoms with Crippen LogP contribution < -0.4 is 0 Å². The van der Waals surface area contributed by atoms with Crippen LogP contribution in [-0.4, -0.2) is 23.3 Å². The van der Waals surface area contributed by atoms with Crippen molar-refractivity contribution in [3.63, 3.8) is 0 Å². The molecule has 100 valence electrons. The zero-order valence-corrected chi connectivity index (χ0v) is 11.5. The minimum absolute atomic E-state index is 0.372. The van der Waals surface area contributed by atoms with Gasteiger partial charge in [0.15, 0.2) is 0 Å². The molecule has 3 nitrogen and oxygen atoms in total. The van der Waals surface area contributed by atoms with Crippen LogP contribution in [0.25, 0.3) is 0 Å². The largest absolute Gasteiger partial charge is 0.481 e. The molecule has 0 saturated heterocycles. The van der Waals surface area contributed by atoms with Gasteiger partial charge < -0.3 is 5.11 Å². The van der Waals surface area contributed by atoms with E-state index in [9.17, 15) is 4.79 Å². The first-order valence-electron chi connectivity index (χ1n) is 6.87. The lowest BCUT2D eigenvalue weighted by atomic mass is 9.97. The van der Waals surface area contributed by atoms with Gasteiger partial charge in [0.05, 0.1) is 5.92 Å². The average Bonchev–Trinajstić information content (AvgIpc) is 2.29. The molecule has 0 aliphatic heterocycles. The molecule has 0 aliphatic rings. The van der Waals surface area contributed by atoms with E-state index in [-0.39, 0.29) is 5.92 Å². The number of carbonyl (C=O) groups is 1. The predicted octanol–water partition coefficient (Wildman–Crippen LogP) is 3.92. The molecule has 0 amide bonds. The second-order valence-corrected chi connectivity index (χ2v) is 4.62. The summed E-state index contributed by atoms with van der Waals surface area (Å²) in [6.45, 7) is 6.91. The van der Waals surface area contributed by atoms with Crippen LogP contribution in [0.4, 0.5) is 0 Å². The molecule has 0 aliphatic carbocycles. The molecule has 0 spiro atoms. The lowest BCUT2D eigenvalue weighted by Crippen LogP contribution is -2.22. The van der Waals surface area contributed by atoms with Crippen molar-refractivity contribution in [2.24, 2.45) is 10.9 Å². The molecule has 1 atom stereocenters. The summed E-state index contributed by atoms with van der Waals surface area (Å²) in [5.74, 6) is -1.10. The lowest BCUT2D eigenvalue weighted by molar-refractivity contribution is -0.139. The Bertz CT molecular complexity index is 236. The molecule has 3 heteroatoms. The van der Waals surface area contributed by atoms with Crippen molar-refractivity contribution in [3.05, 3.63) is 0 Å². The van der Waals surface area contributed by atoms with E-state index in [0.717, 1.165) is 44.4 Å². The first-order chi connectivity index (χ1) is 8.13. The number of aliphatic imine (C=N–C) groups is 1. The Morgan fingerprint density at radius 2 is 1.71 bits per heavy atom. The lowest BCUT2D eigenvalue weighted by Gasteiger charge is -2.11. The predicted molar refractivity (Wildman–Crippen MR) is 72.8 cm³/mol. The van der Waals surface area contributed by atoms with Gasteiger partial charge in [-0.25, -0.2) is 0 Å². The van der Waals surface area contributed by atoms with Gasteiger partial charge in [-0.2, -0.15) is 0 Å². The molecule has 0 fully saturated rings. The molecule has 0 saturated carbocycles. The van der Waals surface area contributed by atoms with Gasteiger partial charge in [-0.3, -0.25) is 9.79 Å². The van der Waals surface area contributed by atoms with E-state index in [0.29, 0.717) is 0 Å². The first-order valence-corrected chi connectivity index (χ1v) is 6.87. The van der Waals surface area contributed by atoms with E-state index >= 15 is 0 Å². The number of nitrogens with zero attached hydrogens (tertiary/aromatic N) is 1. The fraction of sp³-hybridized carbons (Fsp3) is 0.857. The molecule has 0 aromatic heterocycles. The average molecular weight is 241 g/mol. The number of rotatable bonds is 10. The Morgan fingerprint density at radius 3 is 2.24 bits per heavy atom. The van der Waals surface area contributed by atoms with Crippen molar-refractivity contribution in [2.75, 3.05) is 6.54 Å². The second kappa shape index (κ2) is 10.3. The molecule has 0 aromatic rings. The normalized spacial score (nSPS) is 13.7. The van der Waals surface area contributed by atoms with Gasteiger partial charge in [0, 0.05) is 12.3 Å². The summed E-state index contributed by atoms with van der Waals surface area (Å²) < 4.78 is 0. The third-order valence-electron chi connectivity index (χ3n) is 3.02. The maximum atomic E-state index is 11.1. The van der Waals surface area contributed by atoms with E-state index in [2.05, 4.69) is 18.8 Å². The van der Waals surface area contributed by atoms with Crippen LogP contribution in [0.2, 0.25) is 0 Å².